The number of benzene rings is 7. The van der Waals surface area contributed by atoms with Gasteiger partial charge in [-0.3, -0.25) is 0 Å². The van der Waals surface area contributed by atoms with Gasteiger partial charge < -0.3 is 18.9 Å². The summed E-state index contributed by atoms with van der Waals surface area (Å²) in [6.45, 7) is 24.5. The van der Waals surface area contributed by atoms with Crippen LogP contribution in [0.1, 0.15) is 75.4 Å². The first kappa shape index (κ1) is 48.7. The molecule has 0 unspecified atom stereocenters. The second kappa shape index (κ2) is 21.6. The van der Waals surface area contributed by atoms with Gasteiger partial charge in [-0.05, 0) is 191 Å². The van der Waals surface area contributed by atoms with Crippen LogP contribution in [0.4, 0.5) is 0 Å². The first-order chi connectivity index (χ1) is 31.1. The SMILES string of the molecule is Cc1cc(C)cc([PH+](c2cc(C)cc(C)c2)c2ccc3c(c2-c2c([PH+](c4cc(C)cc(C)c4)c4cc(C)cc(C)c4)ccc4c2OCO4)OCO3)c1.Cc1ccc(C(C)C)cc1.[Cl][Ru][Cl]. The van der Waals surface area contributed by atoms with E-state index in [2.05, 4.69) is 197 Å². The quantitative estimate of drug-likeness (QED) is 0.112. The third-order valence-electron chi connectivity index (χ3n) is 11.7. The Bertz CT molecular complexity index is 2470. The first-order valence-corrected chi connectivity index (χ1v) is 29.5. The van der Waals surface area contributed by atoms with Gasteiger partial charge in [0.25, 0.3) is 0 Å². The van der Waals surface area contributed by atoms with Crippen molar-refractivity contribution in [2.24, 2.45) is 0 Å². The van der Waals surface area contributed by atoms with Gasteiger partial charge in [-0.25, -0.2) is 0 Å². The van der Waals surface area contributed by atoms with Crippen molar-refractivity contribution in [2.75, 3.05) is 13.6 Å². The molecule has 0 fully saturated rings. The van der Waals surface area contributed by atoms with Crippen molar-refractivity contribution >= 4 is 67.1 Å². The van der Waals surface area contributed by atoms with E-state index < -0.39 is 15.8 Å². The van der Waals surface area contributed by atoms with E-state index in [1.54, 1.807) is 0 Å². The summed E-state index contributed by atoms with van der Waals surface area (Å²) in [5, 5.41) is 7.86. The molecule has 0 spiro atoms. The van der Waals surface area contributed by atoms with Crippen molar-refractivity contribution in [3.05, 3.63) is 177 Å². The number of rotatable bonds is 8. The summed E-state index contributed by atoms with van der Waals surface area (Å²) in [7, 11) is 6.51. The van der Waals surface area contributed by atoms with Crippen molar-refractivity contribution in [1.29, 1.82) is 0 Å². The normalized spacial score (nSPS) is 12.4. The van der Waals surface area contributed by atoms with Crippen LogP contribution in [0.2, 0.25) is 0 Å². The Morgan fingerprint density at radius 3 is 0.969 bits per heavy atom. The molecule has 2 aliphatic rings. The van der Waals surface area contributed by atoms with E-state index in [1.807, 2.05) is 0 Å². The van der Waals surface area contributed by atoms with E-state index in [0.29, 0.717) is 5.92 Å². The van der Waals surface area contributed by atoms with Crippen LogP contribution < -0.4 is 50.8 Å². The Morgan fingerprint density at radius 1 is 0.400 bits per heavy atom. The summed E-state index contributed by atoms with van der Waals surface area (Å²) in [6, 6.07) is 45.6. The third kappa shape index (κ3) is 11.5. The molecule has 0 atom stereocenters. The van der Waals surface area contributed by atoms with E-state index in [9.17, 15) is 0 Å². The van der Waals surface area contributed by atoms with Crippen molar-refractivity contribution in [3.63, 3.8) is 0 Å². The van der Waals surface area contributed by atoms with Crippen LogP contribution in [0.15, 0.2) is 121 Å². The fraction of sp³-hybridized carbons (Fsp3) is 0.250. The molecule has 0 bridgehead atoms. The minimum atomic E-state index is -1.60. The van der Waals surface area contributed by atoms with Crippen molar-refractivity contribution < 1.29 is 34.1 Å². The van der Waals surface area contributed by atoms with Gasteiger partial charge in [-0.15, -0.1) is 0 Å². The van der Waals surface area contributed by atoms with Crippen LogP contribution in [0, 0.1) is 62.3 Å². The van der Waals surface area contributed by atoms with Crippen LogP contribution in [0.3, 0.4) is 0 Å². The molecule has 9 heteroatoms. The predicted octanol–water partition coefficient (Wildman–Crippen LogP) is 12.8. The Labute approximate surface area is 405 Å². The molecule has 0 radical (unpaired) electrons. The summed E-state index contributed by atoms with van der Waals surface area (Å²) >= 11 is -0.346. The molecule has 0 amide bonds. The van der Waals surface area contributed by atoms with Gasteiger partial charge in [0, 0.05) is 0 Å². The van der Waals surface area contributed by atoms with E-state index in [0.717, 1.165) is 34.1 Å². The topological polar surface area (TPSA) is 36.9 Å². The standard InChI is InChI=1S/C46H44O4P2.C10H14.2ClH.Ru/c1-27-13-28(2)18-35(17-27)51(36-19-29(3)14-30(4)20-36)41-11-9-39-45(49-25-47-39)43(41)44-42(12-10-40-46(44)50-26-48-40)52(37-21-31(5)15-32(6)22-37)38-23-33(7)16-34(8)24-38;1-8(2)10-6-4-9(3)5-7-10;;;/h9-24H,25-26H2,1-8H3;4-8H,1-3H3;2*1H;/q;;;;+2. The maximum atomic E-state index is 6.53. The van der Waals surface area contributed by atoms with Gasteiger partial charge in [0.2, 0.25) is 13.6 Å². The predicted molar refractivity (Wildman–Crippen MR) is 279 cm³/mol. The van der Waals surface area contributed by atoms with Gasteiger partial charge >= 0.3 is 34.5 Å². The maximum absolute atomic E-state index is 6.53. The molecule has 0 saturated carbocycles. The van der Waals surface area contributed by atoms with Crippen LogP contribution in [0.25, 0.3) is 11.1 Å². The molecule has 65 heavy (non-hydrogen) atoms. The van der Waals surface area contributed by atoms with Gasteiger partial charge in [0.1, 0.15) is 31.8 Å². The van der Waals surface area contributed by atoms with Crippen molar-refractivity contribution in [1.82, 2.24) is 0 Å². The van der Waals surface area contributed by atoms with Gasteiger partial charge in [0.05, 0.1) is 27.0 Å². The van der Waals surface area contributed by atoms with Crippen LogP contribution in [-0.2, 0) is 15.1 Å². The van der Waals surface area contributed by atoms with E-state index >= 15 is 0 Å². The third-order valence-corrected chi connectivity index (χ3v) is 17.0. The van der Waals surface area contributed by atoms with Crippen molar-refractivity contribution in [2.45, 2.75) is 82.1 Å². The number of hydrogen-bond acceptors (Lipinski definition) is 4. The molecule has 4 nitrogen and oxygen atoms in total. The summed E-state index contributed by atoms with van der Waals surface area (Å²) in [5.41, 5.74) is 15.0. The average molecular weight is 1030 g/mol. The summed E-state index contributed by atoms with van der Waals surface area (Å²) in [5.74, 6) is 3.73. The summed E-state index contributed by atoms with van der Waals surface area (Å²) in [4.78, 5) is 0. The fourth-order valence-electron chi connectivity index (χ4n) is 9.24. The molecular formula is C56H60Cl2O4P2Ru+2. The molecule has 9 rings (SSSR count). The molecule has 7 aromatic carbocycles. The molecule has 7 aromatic rings. The molecule has 0 aliphatic carbocycles. The Morgan fingerprint density at radius 2 is 0.692 bits per heavy atom. The first-order valence-electron chi connectivity index (χ1n) is 22.0. The fourth-order valence-corrected chi connectivity index (χ4v) is 15.6. The number of ether oxygens (including phenoxy) is 4. The molecule has 0 aromatic heterocycles. The zero-order valence-electron chi connectivity index (χ0n) is 39.3. The second-order valence-corrected chi connectivity index (χ2v) is 25.3. The molecule has 2 heterocycles. The zero-order chi connectivity index (χ0) is 46.5. The van der Waals surface area contributed by atoms with E-state index in [4.69, 9.17) is 38.3 Å². The minimum absolute atomic E-state index is 0.175. The summed E-state index contributed by atoms with van der Waals surface area (Å²) in [6.07, 6.45) is 0. The Balaban J connectivity index is 0.000000422. The van der Waals surface area contributed by atoms with Crippen LogP contribution in [-0.4, -0.2) is 13.6 Å². The molecule has 0 N–H and O–H groups in total. The molecular weight excluding hydrogens is 971 g/mol. The van der Waals surface area contributed by atoms with E-state index in [-0.39, 0.29) is 28.7 Å². The monoisotopic (exact) mass is 1030 g/mol. The second-order valence-electron chi connectivity index (χ2n) is 17.8. The molecule has 0 saturated heterocycles. The van der Waals surface area contributed by atoms with Crippen LogP contribution in [0.5, 0.6) is 23.0 Å². The van der Waals surface area contributed by atoms with E-state index in [1.165, 1.54) is 87.5 Å². The number of aryl methyl sites for hydroxylation is 9. The molecule has 2 aliphatic heterocycles. The number of fused-ring (bicyclic) bond motifs is 2. The van der Waals surface area contributed by atoms with Gasteiger partial charge in [-0.1, -0.05) is 67.9 Å². The van der Waals surface area contributed by atoms with Gasteiger partial charge in [0.15, 0.2) is 23.0 Å². The average Bonchev–Trinajstić information content (AvgIpc) is 3.91. The number of hydrogen-bond donors (Lipinski definition) is 0. The Kier molecular flexibility index (Phi) is 16.2. The molecule has 338 valence electrons. The van der Waals surface area contributed by atoms with Crippen molar-refractivity contribution in [3.8, 4) is 34.1 Å². The summed E-state index contributed by atoms with van der Waals surface area (Å²) < 4.78 is 25.4. The van der Waals surface area contributed by atoms with Crippen LogP contribution >= 0.6 is 35.2 Å². The Hall–Kier alpha value is -4.20. The van der Waals surface area contributed by atoms with Gasteiger partial charge in [-0.2, -0.15) is 0 Å². The zero-order valence-corrected chi connectivity index (χ0v) is 44.5. The number of halogens is 2.